The van der Waals surface area contributed by atoms with Crippen LogP contribution in [0.5, 0.6) is 0 Å². The van der Waals surface area contributed by atoms with Crippen molar-refractivity contribution in [1.82, 2.24) is 9.55 Å². The predicted molar refractivity (Wildman–Crippen MR) is 79.4 cm³/mol. The SMILES string of the molecule is NCc1cccn(Cc2ccnc3ccccc23)c1=O. The predicted octanol–water partition coefficient (Wildman–Crippen LogP) is 1.90. The first-order chi connectivity index (χ1) is 9.79. The zero-order chi connectivity index (χ0) is 13.9. The first kappa shape index (κ1) is 12.6. The second kappa shape index (κ2) is 5.27. The van der Waals surface area contributed by atoms with Gasteiger partial charge >= 0.3 is 0 Å². The van der Waals surface area contributed by atoms with Crippen LogP contribution >= 0.6 is 0 Å². The van der Waals surface area contributed by atoms with E-state index in [-0.39, 0.29) is 12.1 Å². The van der Waals surface area contributed by atoms with E-state index in [1.165, 1.54) is 0 Å². The molecule has 0 spiro atoms. The number of hydrogen-bond acceptors (Lipinski definition) is 3. The Bertz CT molecular complexity index is 803. The van der Waals surface area contributed by atoms with Crippen molar-refractivity contribution in [3.63, 3.8) is 0 Å². The number of benzene rings is 1. The highest BCUT2D eigenvalue weighted by Gasteiger charge is 2.05. The molecule has 0 saturated heterocycles. The van der Waals surface area contributed by atoms with Gasteiger partial charge in [0.1, 0.15) is 0 Å². The molecule has 4 heteroatoms. The number of pyridine rings is 2. The molecule has 0 aliphatic heterocycles. The van der Waals surface area contributed by atoms with E-state index in [1.807, 2.05) is 36.4 Å². The lowest BCUT2D eigenvalue weighted by molar-refractivity contribution is 0.747. The van der Waals surface area contributed by atoms with Gasteiger partial charge in [0.15, 0.2) is 0 Å². The van der Waals surface area contributed by atoms with E-state index in [0.29, 0.717) is 12.1 Å². The van der Waals surface area contributed by atoms with E-state index in [4.69, 9.17) is 5.73 Å². The molecule has 0 radical (unpaired) electrons. The minimum atomic E-state index is -0.0316. The Morgan fingerprint density at radius 2 is 1.90 bits per heavy atom. The molecule has 2 aromatic heterocycles. The van der Waals surface area contributed by atoms with Crippen molar-refractivity contribution in [1.29, 1.82) is 0 Å². The third kappa shape index (κ3) is 2.21. The van der Waals surface area contributed by atoms with Crippen molar-refractivity contribution in [2.75, 3.05) is 0 Å². The normalized spacial score (nSPS) is 10.8. The summed E-state index contributed by atoms with van der Waals surface area (Å²) in [7, 11) is 0. The number of rotatable bonds is 3. The van der Waals surface area contributed by atoms with Crippen LogP contribution < -0.4 is 11.3 Å². The van der Waals surface area contributed by atoms with Crippen LogP contribution in [0.15, 0.2) is 59.7 Å². The molecule has 4 nitrogen and oxygen atoms in total. The standard InChI is InChI=1S/C16H15N3O/c17-10-12-4-3-9-19(16(12)20)11-13-7-8-18-15-6-2-1-5-14(13)15/h1-9H,10-11,17H2. The molecule has 0 aliphatic rings. The second-order valence-electron chi connectivity index (χ2n) is 4.66. The molecule has 20 heavy (non-hydrogen) atoms. The molecule has 3 aromatic rings. The molecule has 0 amide bonds. The Kier molecular flexibility index (Phi) is 3.31. The fourth-order valence-electron chi connectivity index (χ4n) is 2.34. The summed E-state index contributed by atoms with van der Waals surface area (Å²) < 4.78 is 1.68. The van der Waals surface area contributed by atoms with Crippen LogP contribution in [-0.4, -0.2) is 9.55 Å². The molecule has 0 saturated carbocycles. The Morgan fingerprint density at radius 1 is 1.05 bits per heavy atom. The highest BCUT2D eigenvalue weighted by atomic mass is 16.1. The average Bonchev–Trinajstić information content (AvgIpc) is 2.50. The third-order valence-electron chi connectivity index (χ3n) is 3.40. The molecule has 0 fully saturated rings. The van der Waals surface area contributed by atoms with E-state index >= 15 is 0 Å². The zero-order valence-electron chi connectivity index (χ0n) is 11.0. The third-order valence-corrected chi connectivity index (χ3v) is 3.40. The van der Waals surface area contributed by atoms with Crippen LogP contribution in [-0.2, 0) is 13.1 Å². The Labute approximate surface area is 116 Å². The van der Waals surface area contributed by atoms with Crippen LogP contribution in [0.1, 0.15) is 11.1 Å². The molecule has 0 aliphatic carbocycles. The number of aromatic nitrogens is 2. The molecule has 3 rings (SSSR count). The summed E-state index contributed by atoms with van der Waals surface area (Å²) in [5.74, 6) is 0. The lowest BCUT2D eigenvalue weighted by Crippen LogP contribution is -2.25. The van der Waals surface area contributed by atoms with Crippen molar-refractivity contribution in [2.24, 2.45) is 5.73 Å². The number of hydrogen-bond donors (Lipinski definition) is 1. The first-order valence-corrected chi connectivity index (χ1v) is 6.50. The van der Waals surface area contributed by atoms with Gasteiger partial charge in [-0.15, -0.1) is 0 Å². The number of nitrogens with two attached hydrogens (primary N) is 1. The van der Waals surface area contributed by atoms with Gasteiger partial charge < -0.3 is 10.3 Å². The first-order valence-electron chi connectivity index (χ1n) is 6.50. The van der Waals surface area contributed by atoms with Crippen LogP contribution in [0.3, 0.4) is 0 Å². The van der Waals surface area contributed by atoms with Gasteiger partial charge in [-0.25, -0.2) is 0 Å². The summed E-state index contributed by atoms with van der Waals surface area (Å²) in [6.07, 6.45) is 3.56. The van der Waals surface area contributed by atoms with E-state index < -0.39 is 0 Å². The lowest BCUT2D eigenvalue weighted by Gasteiger charge is -2.09. The van der Waals surface area contributed by atoms with Gasteiger partial charge in [0.2, 0.25) is 0 Å². The summed E-state index contributed by atoms with van der Waals surface area (Å²) >= 11 is 0. The van der Waals surface area contributed by atoms with Crippen molar-refractivity contribution < 1.29 is 0 Å². The van der Waals surface area contributed by atoms with E-state index in [2.05, 4.69) is 4.98 Å². The number of fused-ring (bicyclic) bond motifs is 1. The van der Waals surface area contributed by atoms with Crippen LogP contribution in [0.2, 0.25) is 0 Å². The molecular formula is C16H15N3O. The molecule has 0 atom stereocenters. The average molecular weight is 265 g/mol. The molecule has 1 aromatic carbocycles. The molecule has 100 valence electrons. The van der Waals surface area contributed by atoms with Gasteiger partial charge in [0.05, 0.1) is 12.1 Å². The van der Waals surface area contributed by atoms with Crippen molar-refractivity contribution in [2.45, 2.75) is 13.1 Å². The number of nitrogens with zero attached hydrogens (tertiary/aromatic N) is 2. The van der Waals surface area contributed by atoms with Gasteiger partial charge in [0.25, 0.3) is 5.56 Å². The highest BCUT2D eigenvalue weighted by molar-refractivity contribution is 5.81. The minimum absolute atomic E-state index is 0.0316. The lowest BCUT2D eigenvalue weighted by atomic mass is 10.1. The van der Waals surface area contributed by atoms with Crippen LogP contribution in [0, 0.1) is 0 Å². The van der Waals surface area contributed by atoms with E-state index in [0.717, 1.165) is 16.5 Å². The fraction of sp³-hybridized carbons (Fsp3) is 0.125. The molecule has 2 heterocycles. The quantitative estimate of drug-likeness (QED) is 0.786. The van der Waals surface area contributed by atoms with Gasteiger partial charge in [-0.1, -0.05) is 24.3 Å². The maximum atomic E-state index is 12.2. The summed E-state index contributed by atoms with van der Waals surface area (Å²) in [5.41, 5.74) is 8.19. The van der Waals surface area contributed by atoms with Crippen LogP contribution in [0.4, 0.5) is 0 Å². The summed E-state index contributed by atoms with van der Waals surface area (Å²) in [5, 5.41) is 1.07. The maximum Gasteiger partial charge on any atom is 0.255 e. The maximum absolute atomic E-state index is 12.2. The van der Waals surface area contributed by atoms with Crippen molar-refractivity contribution in [3.8, 4) is 0 Å². The second-order valence-corrected chi connectivity index (χ2v) is 4.66. The van der Waals surface area contributed by atoms with E-state index in [1.54, 1.807) is 23.0 Å². The molecule has 0 bridgehead atoms. The van der Waals surface area contributed by atoms with Gasteiger partial charge in [-0.3, -0.25) is 9.78 Å². The van der Waals surface area contributed by atoms with Crippen molar-refractivity contribution in [3.05, 3.63) is 76.3 Å². The highest BCUT2D eigenvalue weighted by Crippen LogP contribution is 2.16. The van der Waals surface area contributed by atoms with Gasteiger partial charge in [-0.05, 0) is 23.8 Å². The largest absolute Gasteiger partial charge is 0.326 e. The summed E-state index contributed by atoms with van der Waals surface area (Å²) in [6.45, 7) is 0.784. The summed E-state index contributed by atoms with van der Waals surface area (Å²) in [6, 6.07) is 13.5. The number of para-hydroxylation sites is 1. The van der Waals surface area contributed by atoms with Gasteiger partial charge in [-0.2, -0.15) is 0 Å². The summed E-state index contributed by atoms with van der Waals surface area (Å²) in [4.78, 5) is 16.5. The fourth-order valence-corrected chi connectivity index (χ4v) is 2.34. The van der Waals surface area contributed by atoms with Gasteiger partial charge in [0, 0.05) is 29.9 Å². The smallest absolute Gasteiger partial charge is 0.255 e. The van der Waals surface area contributed by atoms with Crippen molar-refractivity contribution >= 4 is 10.9 Å². The molecule has 2 N–H and O–H groups in total. The monoisotopic (exact) mass is 265 g/mol. The van der Waals surface area contributed by atoms with E-state index in [9.17, 15) is 4.79 Å². The molecular weight excluding hydrogens is 250 g/mol. The zero-order valence-corrected chi connectivity index (χ0v) is 11.0. The minimum Gasteiger partial charge on any atom is -0.326 e. The Balaban J connectivity index is 2.08. The topological polar surface area (TPSA) is 60.9 Å². The molecule has 0 unspecified atom stereocenters. The Hall–Kier alpha value is -2.46. The Morgan fingerprint density at radius 3 is 2.75 bits per heavy atom. The van der Waals surface area contributed by atoms with Crippen LogP contribution in [0.25, 0.3) is 10.9 Å².